The van der Waals surface area contributed by atoms with Gasteiger partial charge in [-0.1, -0.05) is 0 Å². The second-order valence-corrected chi connectivity index (χ2v) is 5.83. The van der Waals surface area contributed by atoms with Crippen molar-refractivity contribution in [3.05, 3.63) is 0 Å². The predicted molar refractivity (Wildman–Crippen MR) is 41.8 cm³/mol. The minimum absolute atomic E-state index is 0.748. The van der Waals surface area contributed by atoms with Gasteiger partial charge in [-0.2, -0.15) is 16.8 Å². The molecule has 0 radical (unpaired) electrons. The zero-order chi connectivity index (χ0) is 9.99. The lowest BCUT2D eigenvalue weighted by atomic mass is 10.6. The highest BCUT2D eigenvalue weighted by molar-refractivity contribution is 7.90. The Labute approximate surface area is 71.4 Å². The van der Waals surface area contributed by atoms with Gasteiger partial charge < -0.3 is 0 Å². The van der Waals surface area contributed by atoms with Gasteiger partial charge in [-0.15, -0.1) is 0 Å². The van der Waals surface area contributed by atoms with Crippen molar-refractivity contribution in [2.24, 2.45) is 0 Å². The SMILES string of the molecule is COS(=O)(=O)CC(C)S(=O)(=O)O. The fraction of sp³-hybridized carbons (Fsp3) is 1.00. The molecule has 74 valence electrons. The number of rotatable bonds is 4. The van der Waals surface area contributed by atoms with Crippen molar-refractivity contribution in [3.8, 4) is 0 Å². The molecule has 0 spiro atoms. The minimum atomic E-state index is -4.31. The van der Waals surface area contributed by atoms with E-state index in [2.05, 4.69) is 4.18 Å². The molecular formula is C4H10O6S2. The third-order valence-electron chi connectivity index (χ3n) is 1.20. The van der Waals surface area contributed by atoms with Crippen LogP contribution in [0.2, 0.25) is 0 Å². The lowest BCUT2D eigenvalue weighted by Gasteiger charge is -2.06. The van der Waals surface area contributed by atoms with E-state index in [4.69, 9.17) is 4.55 Å². The van der Waals surface area contributed by atoms with Gasteiger partial charge in [0.15, 0.2) is 0 Å². The first-order valence-electron chi connectivity index (χ1n) is 2.93. The molecule has 0 fully saturated rings. The van der Waals surface area contributed by atoms with Gasteiger partial charge in [0.1, 0.15) is 0 Å². The Morgan fingerprint density at radius 2 is 1.75 bits per heavy atom. The van der Waals surface area contributed by atoms with Crippen LogP contribution in [0.25, 0.3) is 0 Å². The second-order valence-electron chi connectivity index (χ2n) is 2.22. The van der Waals surface area contributed by atoms with E-state index in [-0.39, 0.29) is 0 Å². The Bertz CT molecular complexity index is 325. The van der Waals surface area contributed by atoms with Gasteiger partial charge in [0.25, 0.3) is 20.2 Å². The fourth-order valence-electron chi connectivity index (χ4n) is 0.441. The summed E-state index contributed by atoms with van der Waals surface area (Å²) in [4.78, 5) is 0. The normalized spacial score (nSPS) is 15.9. The van der Waals surface area contributed by atoms with E-state index in [1.807, 2.05) is 0 Å². The lowest BCUT2D eigenvalue weighted by molar-refractivity contribution is 0.395. The smallest absolute Gasteiger partial charge is 0.268 e. The average Bonchev–Trinajstić information content (AvgIpc) is 1.85. The maximum absolute atomic E-state index is 10.7. The molecule has 0 aliphatic heterocycles. The zero-order valence-electron chi connectivity index (χ0n) is 6.59. The van der Waals surface area contributed by atoms with E-state index in [1.165, 1.54) is 0 Å². The van der Waals surface area contributed by atoms with E-state index in [9.17, 15) is 16.8 Å². The molecule has 1 unspecified atom stereocenters. The van der Waals surface area contributed by atoms with Crippen molar-refractivity contribution in [1.29, 1.82) is 0 Å². The lowest BCUT2D eigenvalue weighted by Crippen LogP contribution is -2.26. The molecule has 1 N–H and O–H groups in total. The second kappa shape index (κ2) is 3.69. The Morgan fingerprint density at radius 1 is 1.33 bits per heavy atom. The van der Waals surface area contributed by atoms with Gasteiger partial charge in [0, 0.05) is 0 Å². The fourth-order valence-corrected chi connectivity index (χ4v) is 2.34. The van der Waals surface area contributed by atoms with Crippen molar-refractivity contribution in [2.75, 3.05) is 12.9 Å². The summed E-state index contributed by atoms with van der Waals surface area (Å²) in [7, 11) is -7.22. The van der Waals surface area contributed by atoms with Crippen molar-refractivity contribution in [2.45, 2.75) is 12.2 Å². The van der Waals surface area contributed by atoms with Crippen molar-refractivity contribution in [3.63, 3.8) is 0 Å². The third kappa shape index (κ3) is 4.00. The quantitative estimate of drug-likeness (QED) is 0.492. The van der Waals surface area contributed by atoms with Gasteiger partial charge in [0.05, 0.1) is 18.1 Å². The van der Waals surface area contributed by atoms with E-state index in [1.54, 1.807) is 0 Å². The first-order chi connectivity index (χ1) is 5.19. The van der Waals surface area contributed by atoms with Crippen LogP contribution in [-0.4, -0.2) is 39.5 Å². The van der Waals surface area contributed by atoms with Crippen molar-refractivity contribution < 1.29 is 25.6 Å². The Balaban J connectivity index is 4.52. The molecule has 0 amide bonds. The average molecular weight is 218 g/mol. The summed E-state index contributed by atoms with van der Waals surface area (Å²) in [5.74, 6) is -0.748. The number of hydrogen-bond donors (Lipinski definition) is 1. The van der Waals surface area contributed by atoms with Gasteiger partial charge in [-0.05, 0) is 6.92 Å². The summed E-state index contributed by atoms with van der Waals surface area (Å²) in [5, 5.41) is -1.37. The molecular weight excluding hydrogens is 208 g/mol. The summed E-state index contributed by atoms with van der Waals surface area (Å²) in [6.45, 7) is 1.08. The molecule has 1 atom stereocenters. The van der Waals surface area contributed by atoms with E-state index in [0.29, 0.717) is 0 Å². The van der Waals surface area contributed by atoms with Crippen LogP contribution in [-0.2, 0) is 24.4 Å². The van der Waals surface area contributed by atoms with Gasteiger partial charge in [-0.25, -0.2) is 0 Å². The summed E-state index contributed by atoms with van der Waals surface area (Å²) in [6.07, 6.45) is 0. The highest BCUT2D eigenvalue weighted by Crippen LogP contribution is 2.02. The van der Waals surface area contributed by atoms with Crippen LogP contribution in [0.3, 0.4) is 0 Å². The topological polar surface area (TPSA) is 97.7 Å². The molecule has 0 saturated heterocycles. The molecule has 0 aromatic carbocycles. The standard InChI is InChI=1S/C4H10O6S2/c1-4(12(7,8)9)3-11(5,6)10-2/h4H,3H2,1-2H3,(H,7,8,9). The highest BCUT2D eigenvalue weighted by atomic mass is 32.2. The maximum Gasteiger partial charge on any atom is 0.268 e. The van der Waals surface area contributed by atoms with E-state index in [0.717, 1.165) is 14.0 Å². The van der Waals surface area contributed by atoms with Crippen LogP contribution >= 0.6 is 0 Å². The van der Waals surface area contributed by atoms with Crippen LogP contribution < -0.4 is 0 Å². The van der Waals surface area contributed by atoms with Crippen LogP contribution in [0.15, 0.2) is 0 Å². The van der Waals surface area contributed by atoms with Gasteiger partial charge in [-0.3, -0.25) is 8.74 Å². The highest BCUT2D eigenvalue weighted by Gasteiger charge is 2.24. The van der Waals surface area contributed by atoms with Crippen LogP contribution in [0, 0.1) is 0 Å². The monoisotopic (exact) mass is 218 g/mol. The maximum atomic E-state index is 10.7. The van der Waals surface area contributed by atoms with E-state index >= 15 is 0 Å². The van der Waals surface area contributed by atoms with Gasteiger partial charge >= 0.3 is 0 Å². The Morgan fingerprint density at radius 3 is 2.00 bits per heavy atom. The van der Waals surface area contributed by atoms with Crippen LogP contribution in [0.5, 0.6) is 0 Å². The summed E-state index contributed by atoms with van der Waals surface area (Å²) in [6, 6.07) is 0. The molecule has 0 heterocycles. The van der Waals surface area contributed by atoms with Crippen LogP contribution in [0.4, 0.5) is 0 Å². The van der Waals surface area contributed by atoms with Gasteiger partial charge in [0.2, 0.25) is 0 Å². The third-order valence-corrected chi connectivity index (χ3v) is 4.01. The molecule has 0 aliphatic rings. The largest absolute Gasteiger partial charge is 0.285 e. The molecule has 0 bridgehead atoms. The zero-order valence-corrected chi connectivity index (χ0v) is 8.22. The molecule has 0 rings (SSSR count). The number of hydrogen-bond acceptors (Lipinski definition) is 5. The summed E-state index contributed by atoms with van der Waals surface area (Å²) in [5.41, 5.74) is 0. The molecule has 8 heteroatoms. The molecule has 0 aromatic heterocycles. The minimum Gasteiger partial charge on any atom is -0.285 e. The summed E-state index contributed by atoms with van der Waals surface area (Å²) >= 11 is 0. The van der Waals surface area contributed by atoms with Crippen LogP contribution in [0.1, 0.15) is 6.92 Å². The molecule has 0 aliphatic carbocycles. The Hall–Kier alpha value is -0.180. The first-order valence-corrected chi connectivity index (χ1v) is 6.01. The first kappa shape index (κ1) is 11.8. The molecule has 6 nitrogen and oxygen atoms in total. The molecule has 0 aromatic rings. The Kier molecular flexibility index (Phi) is 3.63. The molecule has 0 saturated carbocycles. The van der Waals surface area contributed by atoms with E-state index < -0.39 is 31.2 Å². The summed E-state index contributed by atoms with van der Waals surface area (Å²) < 4.78 is 54.4. The van der Waals surface area contributed by atoms with Crippen molar-refractivity contribution >= 4 is 20.2 Å². The molecule has 12 heavy (non-hydrogen) atoms. The van der Waals surface area contributed by atoms with Crippen molar-refractivity contribution in [1.82, 2.24) is 0 Å². The predicted octanol–water partition coefficient (Wildman–Crippen LogP) is -0.761.